The van der Waals surface area contributed by atoms with Gasteiger partial charge < -0.3 is 0 Å². The lowest BCUT2D eigenvalue weighted by Gasteiger charge is -2.34. The van der Waals surface area contributed by atoms with E-state index in [9.17, 15) is 4.79 Å². The van der Waals surface area contributed by atoms with Crippen molar-refractivity contribution in [1.82, 2.24) is 0 Å². The Morgan fingerprint density at radius 3 is 1.95 bits per heavy atom. The van der Waals surface area contributed by atoms with Crippen molar-refractivity contribution in [1.29, 1.82) is 0 Å². The molecule has 0 unspecified atom stereocenters. The molecule has 0 saturated heterocycles. The predicted octanol–water partition coefficient (Wildman–Crippen LogP) is 10.4. The second kappa shape index (κ2) is 8.74. The first-order chi connectivity index (χ1) is 20.0. The monoisotopic (exact) mass is 524 g/mol. The van der Waals surface area contributed by atoms with E-state index < -0.39 is 0 Å². The van der Waals surface area contributed by atoms with E-state index in [0.29, 0.717) is 0 Å². The summed E-state index contributed by atoms with van der Waals surface area (Å²) in [5.41, 5.74) is 8.13. The molecule has 0 saturated carbocycles. The van der Waals surface area contributed by atoms with Gasteiger partial charge in [-0.15, -0.1) is 0 Å². The number of ketones is 1. The number of benzene rings is 7. The van der Waals surface area contributed by atoms with Crippen LogP contribution in [0.5, 0.6) is 0 Å². The van der Waals surface area contributed by atoms with Gasteiger partial charge >= 0.3 is 0 Å². The molecule has 7 aromatic rings. The highest BCUT2D eigenvalue weighted by atomic mass is 16.1. The minimum absolute atomic E-state index is 0.111. The summed E-state index contributed by atoms with van der Waals surface area (Å²) in [7, 11) is 0. The van der Waals surface area contributed by atoms with Gasteiger partial charge in [-0.3, -0.25) is 4.79 Å². The van der Waals surface area contributed by atoms with Crippen LogP contribution < -0.4 is 0 Å². The normalized spacial score (nSPS) is 13.9. The van der Waals surface area contributed by atoms with E-state index >= 15 is 0 Å². The molecular formula is C40H28O. The molecule has 1 nitrogen and oxygen atoms in total. The maximum atomic E-state index is 13.6. The Morgan fingerprint density at radius 2 is 1.07 bits per heavy atom. The van der Waals surface area contributed by atoms with Crippen molar-refractivity contribution >= 4 is 38.1 Å². The first-order valence-corrected chi connectivity index (χ1v) is 14.2. The van der Waals surface area contributed by atoms with E-state index in [2.05, 4.69) is 129 Å². The van der Waals surface area contributed by atoms with E-state index in [1.165, 1.54) is 43.4 Å². The fraction of sp³-hybridized carbons (Fsp3) is 0.0750. The van der Waals surface area contributed by atoms with Crippen LogP contribution >= 0.6 is 0 Å². The van der Waals surface area contributed by atoms with Crippen molar-refractivity contribution in [2.45, 2.75) is 19.3 Å². The zero-order valence-electron chi connectivity index (χ0n) is 23.1. The number of fused-ring (bicyclic) bond motifs is 7. The molecule has 0 atom stereocenters. The third-order valence-corrected chi connectivity index (χ3v) is 9.06. The van der Waals surface area contributed by atoms with Crippen LogP contribution in [0.1, 0.15) is 40.9 Å². The molecule has 7 aromatic carbocycles. The maximum Gasteiger partial charge on any atom is 0.193 e. The Bertz CT molecular complexity index is 2200. The molecule has 1 aliphatic carbocycles. The van der Waals surface area contributed by atoms with Gasteiger partial charge in [-0.25, -0.2) is 0 Å². The predicted molar refractivity (Wildman–Crippen MR) is 172 cm³/mol. The van der Waals surface area contributed by atoms with Crippen LogP contribution in [0.3, 0.4) is 0 Å². The maximum absolute atomic E-state index is 13.6. The van der Waals surface area contributed by atoms with Crippen LogP contribution in [0.4, 0.5) is 0 Å². The second-order valence-corrected chi connectivity index (χ2v) is 11.7. The summed E-state index contributed by atoms with van der Waals surface area (Å²) in [6.45, 7) is 4.43. The summed E-state index contributed by atoms with van der Waals surface area (Å²) in [5, 5.41) is 7.56. The minimum Gasteiger partial charge on any atom is -0.289 e. The summed E-state index contributed by atoms with van der Waals surface area (Å²) < 4.78 is 0. The number of hydrogen-bond acceptors (Lipinski definition) is 1. The number of hydrogen-bond donors (Lipinski definition) is 0. The van der Waals surface area contributed by atoms with Gasteiger partial charge in [0.1, 0.15) is 0 Å². The summed E-state index contributed by atoms with van der Waals surface area (Å²) >= 11 is 0. The summed E-state index contributed by atoms with van der Waals surface area (Å²) in [5.74, 6) is 0.111. The molecule has 0 amide bonds. The van der Waals surface area contributed by atoms with Crippen molar-refractivity contribution in [2.75, 3.05) is 0 Å². The van der Waals surface area contributed by atoms with Gasteiger partial charge in [-0.05, 0) is 83.9 Å². The van der Waals surface area contributed by atoms with Gasteiger partial charge in [-0.2, -0.15) is 0 Å². The molecule has 0 bridgehead atoms. The van der Waals surface area contributed by atoms with Crippen molar-refractivity contribution in [3.05, 3.63) is 156 Å². The molecular weight excluding hydrogens is 496 g/mol. The first kappa shape index (κ1) is 23.8. The third kappa shape index (κ3) is 3.52. The van der Waals surface area contributed by atoms with Gasteiger partial charge in [0, 0.05) is 16.5 Å². The van der Waals surface area contributed by atoms with Crippen LogP contribution in [0, 0.1) is 0 Å². The molecule has 0 fully saturated rings. The lowest BCUT2D eigenvalue weighted by Crippen LogP contribution is -2.30. The number of carbonyl (C=O) groups is 1. The standard InChI is InChI=1S/C40H28O/c1-40(2)37-17-8-7-16-33(37)39(41)36-23-27(19-21-38(36)40)26-11-9-12-28(22-26)34-24-35-29-13-4-3-10-25(29)18-20-32(35)30-14-5-6-15-31(30)34/h3-24H,1-2H3. The van der Waals surface area contributed by atoms with Crippen molar-refractivity contribution in [2.24, 2.45) is 0 Å². The lowest BCUT2D eigenvalue weighted by molar-refractivity contribution is 0.103. The Hall–Kier alpha value is -5.01. The number of carbonyl (C=O) groups excluding carboxylic acids is 1. The molecule has 41 heavy (non-hydrogen) atoms. The van der Waals surface area contributed by atoms with E-state index in [4.69, 9.17) is 0 Å². The van der Waals surface area contributed by atoms with Gasteiger partial charge in [0.2, 0.25) is 0 Å². The Morgan fingerprint density at radius 1 is 0.415 bits per heavy atom. The second-order valence-electron chi connectivity index (χ2n) is 11.7. The highest BCUT2D eigenvalue weighted by molar-refractivity contribution is 6.21. The van der Waals surface area contributed by atoms with Crippen LogP contribution in [0.2, 0.25) is 0 Å². The largest absolute Gasteiger partial charge is 0.289 e. The van der Waals surface area contributed by atoms with Gasteiger partial charge in [-0.1, -0.05) is 129 Å². The van der Waals surface area contributed by atoms with Crippen LogP contribution in [0.15, 0.2) is 133 Å². The summed E-state index contributed by atoms with van der Waals surface area (Å²) in [6, 6.07) is 47.4. The smallest absolute Gasteiger partial charge is 0.193 e. The molecule has 194 valence electrons. The quantitative estimate of drug-likeness (QED) is 0.206. The van der Waals surface area contributed by atoms with Crippen molar-refractivity contribution in [3.8, 4) is 22.3 Å². The number of rotatable bonds is 2. The topological polar surface area (TPSA) is 17.1 Å². The van der Waals surface area contributed by atoms with Crippen LogP contribution in [-0.2, 0) is 5.41 Å². The van der Waals surface area contributed by atoms with E-state index in [1.807, 2.05) is 18.2 Å². The Balaban J connectivity index is 1.31. The summed E-state index contributed by atoms with van der Waals surface area (Å²) in [6.07, 6.45) is 0. The lowest BCUT2D eigenvalue weighted by atomic mass is 9.68. The zero-order valence-corrected chi connectivity index (χ0v) is 23.1. The van der Waals surface area contributed by atoms with Gasteiger partial charge in [0.25, 0.3) is 0 Å². The Kier molecular flexibility index (Phi) is 5.09. The zero-order chi connectivity index (χ0) is 27.7. The molecule has 0 aliphatic heterocycles. The van der Waals surface area contributed by atoms with Gasteiger partial charge in [0.05, 0.1) is 0 Å². The SMILES string of the molecule is CC1(C)c2ccccc2C(=O)c2cc(-c3cccc(-c4cc5c6ccccc6ccc5c5ccccc45)c3)ccc21. The third-order valence-electron chi connectivity index (χ3n) is 9.06. The fourth-order valence-electron chi connectivity index (χ4n) is 6.94. The first-order valence-electron chi connectivity index (χ1n) is 14.2. The average Bonchev–Trinajstić information content (AvgIpc) is 3.03. The molecule has 0 heterocycles. The Labute approximate surface area is 239 Å². The van der Waals surface area contributed by atoms with E-state index in [1.54, 1.807) is 0 Å². The van der Waals surface area contributed by atoms with Crippen LogP contribution in [0.25, 0.3) is 54.6 Å². The van der Waals surface area contributed by atoms with E-state index in [-0.39, 0.29) is 11.2 Å². The van der Waals surface area contributed by atoms with Crippen LogP contribution in [-0.4, -0.2) is 5.78 Å². The molecule has 0 N–H and O–H groups in total. The molecule has 1 aliphatic rings. The molecule has 0 aromatic heterocycles. The van der Waals surface area contributed by atoms with Gasteiger partial charge in [0.15, 0.2) is 5.78 Å². The molecule has 1 heteroatoms. The molecule has 0 radical (unpaired) electrons. The summed E-state index contributed by atoms with van der Waals surface area (Å²) in [4.78, 5) is 13.6. The highest BCUT2D eigenvalue weighted by Crippen LogP contribution is 2.43. The fourth-order valence-corrected chi connectivity index (χ4v) is 6.94. The van der Waals surface area contributed by atoms with E-state index in [0.717, 1.165) is 33.4 Å². The highest BCUT2D eigenvalue weighted by Gasteiger charge is 2.36. The van der Waals surface area contributed by atoms with Crippen molar-refractivity contribution in [3.63, 3.8) is 0 Å². The minimum atomic E-state index is -0.229. The molecule has 0 spiro atoms. The van der Waals surface area contributed by atoms with Crippen molar-refractivity contribution < 1.29 is 4.79 Å². The molecule has 8 rings (SSSR count). The average molecular weight is 525 g/mol.